The number of aromatic nitrogens is 1. The van der Waals surface area contributed by atoms with Crippen LogP contribution in [-0.2, 0) is 11.3 Å². The summed E-state index contributed by atoms with van der Waals surface area (Å²) in [6, 6.07) is 7.92. The van der Waals surface area contributed by atoms with Gasteiger partial charge in [-0.3, -0.25) is 14.5 Å². The van der Waals surface area contributed by atoms with Crippen LogP contribution in [-0.4, -0.2) is 28.2 Å². The largest absolute Gasteiger partial charge is 0.333 e. The summed E-state index contributed by atoms with van der Waals surface area (Å²) >= 11 is 5.73. The average Bonchev–Trinajstić information content (AvgIpc) is 3.49. The SMILES string of the molecule is CCN1Cc2ccc(N(C(=O)/C=C\Cl)c3cc(C)c(C)cc3C3CC3)nc2C1=O. The molecule has 0 bridgehead atoms. The molecule has 150 valence electrons. The number of anilines is 2. The maximum absolute atomic E-state index is 13.1. The molecular formula is C23H24ClN3O2. The highest BCUT2D eigenvalue weighted by atomic mass is 35.5. The molecule has 0 atom stereocenters. The molecule has 1 saturated carbocycles. The number of pyridine rings is 1. The van der Waals surface area contributed by atoms with E-state index in [4.69, 9.17) is 11.6 Å². The Balaban J connectivity index is 1.86. The Morgan fingerprint density at radius 3 is 2.66 bits per heavy atom. The first kappa shape index (κ1) is 19.6. The molecule has 5 nitrogen and oxygen atoms in total. The Bertz CT molecular complexity index is 1030. The van der Waals surface area contributed by atoms with Crippen LogP contribution in [0.5, 0.6) is 0 Å². The second-order valence-electron chi connectivity index (χ2n) is 7.73. The highest BCUT2D eigenvalue weighted by Crippen LogP contribution is 2.46. The minimum Gasteiger partial charge on any atom is -0.333 e. The number of carbonyl (C=O) groups excluding carboxylic acids is 2. The van der Waals surface area contributed by atoms with Crippen LogP contribution in [0.25, 0.3) is 0 Å². The van der Waals surface area contributed by atoms with Gasteiger partial charge in [-0.1, -0.05) is 23.7 Å². The monoisotopic (exact) mass is 409 g/mol. The molecule has 2 heterocycles. The molecule has 0 unspecified atom stereocenters. The molecule has 2 amide bonds. The van der Waals surface area contributed by atoms with E-state index in [9.17, 15) is 9.59 Å². The zero-order chi connectivity index (χ0) is 20.7. The second-order valence-corrected chi connectivity index (χ2v) is 7.98. The molecule has 1 aromatic heterocycles. The summed E-state index contributed by atoms with van der Waals surface area (Å²) in [5.41, 5.74) is 6.80. The van der Waals surface area contributed by atoms with Crippen molar-refractivity contribution >= 4 is 34.9 Å². The van der Waals surface area contributed by atoms with Gasteiger partial charge >= 0.3 is 0 Å². The fourth-order valence-electron chi connectivity index (χ4n) is 3.82. The third-order valence-corrected chi connectivity index (χ3v) is 5.88. The summed E-state index contributed by atoms with van der Waals surface area (Å²) in [4.78, 5) is 33.7. The smallest absolute Gasteiger partial charge is 0.273 e. The predicted octanol–water partition coefficient (Wildman–Crippen LogP) is 4.97. The van der Waals surface area contributed by atoms with Crippen LogP contribution >= 0.6 is 11.6 Å². The Morgan fingerprint density at radius 2 is 2.00 bits per heavy atom. The number of nitrogens with zero attached hydrogens (tertiary/aromatic N) is 3. The van der Waals surface area contributed by atoms with Crippen molar-refractivity contribution in [3.05, 3.63) is 63.8 Å². The standard InChI is InChI=1S/C23H24ClN3O2/c1-4-26-13-17-7-8-20(25-22(17)23(26)29)27(21(28)9-10-24)19-12-15(3)14(2)11-18(19)16-5-6-16/h7-12,16H,4-6,13H2,1-3H3/b10-9-. The zero-order valence-corrected chi connectivity index (χ0v) is 17.7. The number of benzene rings is 1. The van der Waals surface area contributed by atoms with Crippen molar-refractivity contribution in [3.8, 4) is 0 Å². The lowest BCUT2D eigenvalue weighted by molar-refractivity contribution is -0.113. The predicted molar refractivity (Wildman–Crippen MR) is 115 cm³/mol. The molecule has 2 aliphatic rings. The van der Waals surface area contributed by atoms with Crippen LogP contribution in [0.1, 0.15) is 58.4 Å². The van der Waals surface area contributed by atoms with Crippen molar-refractivity contribution in [1.82, 2.24) is 9.88 Å². The molecule has 1 aliphatic heterocycles. The Kier molecular flexibility index (Phi) is 5.17. The number of aryl methyl sites for hydroxylation is 2. The Labute approximate surface area is 176 Å². The number of fused-ring (bicyclic) bond motifs is 1. The van der Waals surface area contributed by atoms with Crippen LogP contribution in [0.4, 0.5) is 11.5 Å². The van der Waals surface area contributed by atoms with Crippen LogP contribution in [0.2, 0.25) is 0 Å². The van der Waals surface area contributed by atoms with E-state index in [-0.39, 0.29) is 11.8 Å². The summed E-state index contributed by atoms with van der Waals surface area (Å²) < 4.78 is 0. The molecule has 0 N–H and O–H groups in total. The van der Waals surface area contributed by atoms with E-state index in [0.717, 1.165) is 35.2 Å². The highest BCUT2D eigenvalue weighted by molar-refractivity contribution is 6.27. The molecule has 0 saturated heterocycles. The molecule has 29 heavy (non-hydrogen) atoms. The van der Waals surface area contributed by atoms with Crippen LogP contribution in [0, 0.1) is 13.8 Å². The van der Waals surface area contributed by atoms with Gasteiger partial charge < -0.3 is 4.90 Å². The van der Waals surface area contributed by atoms with Crippen molar-refractivity contribution in [1.29, 1.82) is 0 Å². The van der Waals surface area contributed by atoms with E-state index < -0.39 is 0 Å². The van der Waals surface area contributed by atoms with Crippen molar-refractivity contribution < 1.29 is 9.59 Å². The first-order chi connectivity index (χ1) is 13.9. The zero-order valence-electron chi connectivity index (χ0n) is 16.9. The van der Waals surface area contributed by atoms with Gasteiger partial charge in [0.1, 0.15) is 11.5 Å². The fourth-order valence-corrected chi connectivity index (χ4v) is 3.93. The average molecular weight is 410 g/mol. The lowest BCUT2D eigenvalue weighted by Crippen LogP contribution is -2.27. The molecule has 1 fully saturated rings. The molecule has 6 heteroatoms. The van der Waals surface area contributed by atoms with E-state index in [0.29, 0.717) is 30.5 Å². The quantitative estimate of drug-likeness (QED) is 0.655. The van der Waals surface area contributed by atoms with Crippen LogP contribution in [0.3, 0.4) is 0 Å². The molecule has 1 aliphatic carbocycles. The molecule has 2 aromatic rings. The normalized spacial score (nSPS) is 15.9. The number of carbonyl (C=O) groups is 2. The third-order valence-electron chi connectivity index (χ3n) is 5.75. The van der Waals surface area contributed by atoms with Gasteiger partial charge in [-0.05, 0) is 68.4 Å². The van der Waals surface area contributed by atoms with Crippen molar-refractivity contribution in [2.45, 2.75) is 46.1 Å². The Morgan fingerprint density at radius 1 is 1.28 bits per heavy atom. The van der Waals surface area contributed by atoms with Gasteiger partial charge in [0.2, 0.25) is 0 Å². The van der Waals surface area contributed by atoms with Crippen LogP contribution < -0.4 is 4.90 Å². The topological polar surface area (TPSA) is 53.5 Å². The lowest BCUT2D eigenvalue weighted by Gasteiger charge is -2.25. The van der Waals surface area contributed by atoms with Gasteiger partial charge in [-0.15, -0.1) is 0 Å². The number of hydrogen-bond donors (Lipinski definition) is 0. The van der Waals surface area contributed by atoms with E-state index in [1.54, 1.807) is 9.80 Å². The lowest BCUT2D eigenvalue weighted by atomic mass is 9.99. The third kappa shape index (κ3) is 3.55. The maximum atomic E-state index is 13.1. The van der Waals surface area contributed by atoms with Gasteiger partial charge in [0.25, 0.3) is 11.8 Å². The summed E-state index contributed by atoms with van der Waals surface area (Å²) in [6.07, 6.45) is 3.55. The first-order valence-electron chi connectivity index (χ1n) is 9.95. The fraction of sp³-hybridized carbons (Fsp3) is 0.348. The molecule has 4 rings (SSSR count). The summed E-state index contributed by atoms with van der Waals surface area (Å²) in [6.45, 7) is 7.26. The van der Waals surface area contributed by atoms with E-state index in [1.807, 2.05) is 32.0 Å². The van der Waals surface area contributed by atoms with E-state index in [2.05, 4.69) is 18.0 Å². The van der Waals surface area contributed by atoms with Crippen molar-refractivity contribution in [2.24, 2.45) is 0 Å². The van der Waals surface area contributed by atoms with E-state index in [1.165, 1.54) is 17.2 Å². The molecule has 0 radical (unpaired) electrons. The van der Waals surface area contributed by atoms with Gasteiger partial charge in [0.15, 0.2) is 0 Å². The van der Waals surface area contributed by atoms with Crippen molar-refractivity contribution in [2.75, 3.05) is 11.4 Å². The molecule has 1 aromatic carbocycles. The molecule has 0 spiro atoms. The van der Waals surface area contributed by atoms with Gasteiger partial charge in [0, 0.05) is 30.3 Å². The van der Waals surface area contributed by atoms with E-state index >= 15 is 0 Å². The second kappa shape index (κ2) is 7.64. The number of halogens is 1. The highest BCUT2D eigenvalue weighted by Gasteiger charge is 2.33. The summed E-state index contributed by atoms with van der Waals surface area (Å²) in [7, 11) is 0. The molecular weight excluding hydrogens is 386 g/mol. The number of hydrogen-bond acceptors (Lipinski definition) is 3. The summed E-state index contributed by atoms with van der Waals surface area (Å²) in [5, 5.41) is 0. The Hall–Kier alpha value is -2.66. The number of rotatable bonds is 5. The number of amides is 2. The minimum absolute atomic E-state index is 0.0906. The minimum atomic E-state index is -0.282. The maximum Gasteiger partial charge on any atom is 0.273 e. The summed E-state index contributed by atoms with van der Waals surface area (Å²) in [5.74, 6) is 0.522. The van der Waals surface area contributed by atoms with Crippen LogP contribution in [0.15, 0.2) is 35.9 Å². The van der Waals surface area contributed by atoms with Gasteiger partial charge in [0.05, 0.1) is 5.69 Å². The van der Waals surface area contributed by atoms with Crippen molar-refractivity contribution in [3.63, 3.8) is 0 Å². The van der Waals surface area contributed by atoms with Gasteiger partial charge in [-0.2, -0.15) is 0 Å². The van der Waals surface area contributed by atoms with Gasteiger partial charge in [-0.25, -0.2) is 4.98 Å². The first-order valence-corrected chi connectivity index (χ1v) is 10.4.